The molecule has 2 atom stereocenters. The molecule has 1 saturated carbocycles. The molecule has 0 N–H and O–H groups in total. The van der Waals surface area contributed by atoms with Gasteiger partial charge in [0.2, 0.25) is 0 Å². The second-order valence-corrected chi connectivity index (χ2v) is 6.82. The Kier molecular flexibility index (Phi) is 4.07. The van der Waals surface area contributed by atoms with Gasteiger partial charge in [0, 0.05) is 24.7 Å². The first kappa shape index (κ1) is 15.9. The van der Waals surface area contributed by atoms with Gasteiger partial charge in [-0.05, 0) is 30.9 Å². The number of halogens is 1. The van der Waals surface area contributed by atoms with E-state index in [4.69, 9.17) is 4.74 Å². The highest BCUT2D eigenvalue weighted by Gasteiger charge is 2.51. The molecule has 2 aromatic rings. The van der Waals surface area contributed by atoms with E-state index in [0.717, 1.165) is 38.2 Å². The molecule has 0 radical (unpaired) electrons. The summed E-state index contributed by atoms with van der Waals surface area (Å²) in [5, 5.41) is 0. The van der Waals surface area contributed by atoms with Crippen molar-refractivity contribution < 1.29 is 13.9 Å². The van der Waals surface area contributed by atoms with Gasteiger partial charge >= 0.3 is 6.01 Å². The average molecular weight is 342 g/mol. The molecule has 1 saturated heterocycles. The maximum absolute atomic E-state index is 12.9. The fourth-order valence-corrected chi connectivity index (χ4v) is 4.04. The van der Waals surface area contributed by atoms with Gasteiger partial charge in [-0.2, -0.15) is 0 Å². The number of carbonyl (C=O) groups is 1. The predicted molar refractivity (Wildman–Crippen MR) is 87.4 cm³/mol. The van der Waals surface area contributed by atoms with Crippen LogP contribution < -0.4 is 4.74 Å². The first-order valence-corrected chi connectivity index (χ1v) is 8.47. The SMILES string of the molecule is O=C(c1ccccn1)N1CC2CCCC2(COc2ncc(F)cn2)C1. The van der Waals surface area contributed by atoms with Gasteiger partial charge in [-0.3, -0.25) is 9.78 Å². The second kappa shape index (κ2) is 6.38. The van der Waals surface area contributed by atoms with E-state index < -0.39 is 5.82 Å². The Morgan fingerprint density at radius 3 is 2.92 bits per heavy atom. The Hall–Kier alpha value is -2.57. The molecular weight excluding hydrogens is 323 g/mol. The van der Waals surface area contributed by atoms with Crippen LogP contribution in [0.3, 0.4) is 0 Å². The van der Waals surface area contributed by atoms with E-state index in [2.05, 4.69) is 15.0 Å². The molecule has 0 bridgehead atoms. The number of fused-ring (bicyclic) bond motifs is 1. The highest BCUT2D eigenvalue weighted by Crippen LogP contribution is 2.49. The lowest BCUT2D eigenvalue weighted by molar-refractivity contribution is 0.0736. The Morgan fingerprint density at radius 1 is 1.32 bits per heavy atom. The van der Waals surface area contributed by atoms with Crippen molar-refractivity contribution in [2.75, 3.05) is 19.7 Å². The number of likely N-dealkylation sites (tertiary alicyclic amines) is 1. The molecule has 6 nitrogen and oxygen atoms in total. The summed E-state index contributed by atoms with van der Waals surface area (Å²) in [6, 6.07) is 5.54. The van der Waals surface area contributed by atoms with Gasteiger partial charge in [-0.1, -0.05) is 12.5 Å². The molecule has 1 amide bonds. The van der Waals surface area contributed by atoms with Crippen molar-refractivity contribution >= 4 is 5.91 Å². The fraction of sp³-hybridized carbons (Fsp3) is 0.444. The van der Waals surface area contributed by atoms with Gasteiger partial charge < -0.3 is 9.64 Å². The molecule has 7 heteroatoms. The molecule has 2 aromatic heterocycles. The molecule has 3 heterocycles. The van der Waals surface area contributed by atoms with Gasteiger partial charge in [0.1, 0.15) is 5.69 Å². The smallest absolute Gasteiger partial charge is 0.316 e. The number of rotatable bonds is 4. The summed E-state index contributed by atoms with van der Waals surface area (Å²) in [6.45, 7) is 1.81. The van der Waals surface area contributed by atoms with Crippen molar-refractivity contribution in [1.82, 2.24) is 19.9 Å². The van der Waals surface area contributed by atoms with E-state index in [0.29, 0.717) is 24.8 Å². The van der Waals surface area contributed by atoms with Crippen LogP contribution in [-0.2, 0) is 0 Å². The fourth-order valence-electron chi connectivity index (χ4n) is 4.04. The minimum absolute atomic E-state index is 0.0348. The van der Waals surface area contributed by atoms with Crippen molar-refractivity contribution in [3.05, 3.63) is 48.3 Å². The maximum Gasteiger partial charge on any atom is 0.316 e. The molecule has 4 rings (SSSR count). The van der Waals surface area contributed by atoms with Crippen LogP contribution in [0, 0.1) is 17.2 Å². The predicted octanol–water partition coefficient (Wildman–Crippen LogP) is 2.33. The van der Waals surface area contributed by atoms with Crippen molar-refractivity contribution in [2.45, 2.75) is 19.3 Å². The number of aromatic nitrogens is 3. The Bertz CT molecular complexity index is 755. The maximum atomic E-state index is 12.9. The van der Waals surface area contributed by atoms with Crippen LogP contribution in [0.1, 0.15) is 29.8 Å². The second-order valence-electron chi connectivity index (χ2n) is 6.82. The summed E-state index contributed by atoms with van der Waals surface area (Å²) >= 11 is 0. The third-order valence-electron chi connectivity index (χ3n) is 5.30. The van der Waals surface area contributed by atoms with Crippen LogP contribution in [-0.4, -0.2) is 45.5 Å². The van der Waals surface area contributed by atoms with Crippen molar-refractivity contribution in [1.29, 1.82) is 0 Å². The Labute approximate surface area is 145 Å². The van der Waals surface area contributed by atoms with E-state index in [1.54, 1.807) is 18.3 Å². The number of amides is 1. The van der Waals surface area contributed by atoms with Crippen LogP contribution in [0.2, 0.25) is 0 Å². The zero-order valence-electron chi connectivity index (χ0n) is 13.8. The number of hydrogen-bond donors (Lipinski definition) is 0. The lowest BCUT2D eigenvalue weighted by atomic mass is 9.82. The van der Waals surface area contributed by atoms with Gasteiger partial charge in [0.25, 0.3) is 5.91 Å². The zero-order chi connectivity index (χ0) is 17.3. The lowest BCUT2D eigenvalue weighted by Gasteiger charge is -2.28. The number of ether oxygens (including phenoxy) is 1. The highest BCUT2D eigenvalue weighted by molar-refractivity contribution is 5.92. The molecule has 1 aliphatic heterocycles. The van der Waals surface area contributed by atoms with E-state index in [1.165, 1.54) is 0 Å². The van der Waals surface area contributed by atoms with Gasteiger partial charge in [0.05, 0.1) is 19.0 Å². The third kappa shape index (κ3) is 3.06. The molecule has 130 valence electrons. The zero-order valence-corrected chi connectivity index (χ0v) is 13.8. The first-order valence-electron chi connectivity index (χ1n) is 8.47. The highest BCUT2D eigenvalue weighted by atomic mass is 19.1. The molecule has 0 spiro atoms. The Morgan fingerprint density at radius 2 is 2.16 bits per heavy atom. The molecule has 2 fully saturated rings. The largest absolute Gasteiger partial charge is 0.463 e. The number of nitrogens with zero attached hydrogens (tertiary/aromatic N) is 4. The summed E-state index contributed by atoms with van der Waals surface area (Å²) in [5.41, 5.74) is 0.391. The van der Waals surface area contributed by atoms with Crippen LogP contribution in [0.5, 0.6) is 6.01 Å². The average Bonchev–Trinajstić information content (AvgIpc) is 3.19. The van der Waals surface area contributed by atoms with Crippen LogP contribution in [0.15, 0.2) is 36.8 Å². The van der Waals surface area contributed by atoms with Crippen molar-refractivity contribution in [3.63, 3.8) is 0 Å². The van der Waals surface area contributed by atoms with Gasteiger partial charge in [-0.15, -0.1) is 0 Å². The molecule has 1 aliphatic carbocycles. The molecular formula is C18H19FN4O2. The quantitative estimate of drug-likeness (QED) is 0.853. The van der Waals surface area contributed by atoms with E-state index >= 15 is 0 Å². The summed E-state index contributed by atoms with van der Waals surface area (Å²) in [5.74, 6) is -0.120. The molecule has 25 heavy (non-hydrogen) atoms. The number of carbonyl (C=O) groups excluding carboxylic acids is 1. The van der Waals surface area contributed by atoms with Crippen molar-refractivity contribution in [3.8, 4) is 6.01 Å². The minimum atomic E-state index is -0.489. The topological polar surface area (TPSA) is 68.2 Å². The molecule has 2 aliphatic rings. The Balaban J connectivity index is 1.47. The summed E-state index contributed by atoms with van der Waals surface area (Å²) < 4.78 is 18.7. The first-order chi connectivity index (χ1) is 12.2. The van der Waals surface area contributed by atoms with Crippen LogP contribution in [0.4, 0.5) is 4.39 Å². The van der Waals surface area contributed by atoms with Crippen molar-refractivity contribution in [2.24, 2.45) is 11.3 Å². The minimum Gasteiger partial charge on any atom is -0.463 e. The summed E-state index contributed by atoms with van der Waals surface area (Å²) in [6.07, 6.45) is 7.04. The third-order valence-corrected chi connectivity index (χ3v) is 5.30. The normalized spacial score (nSPS) is 25.0. The number of pyridine rings is 1. The summed E-state index contributed by atoms with van der Waals surface area (Å²) in [7, 11) is 0. The standard InChI is InChI=1S/C18H19FN4O2/c19-14-8-21-17(22-9-14)25-12-18-6-3-4-13(18)10-23(11-18)16(24)15-5-1-2-7-20-15/h1-2,5,7-9,13H,3-4,6,10-12H2. The van der Waals surface area contributed by atoms with E-state index in [9.17, 15) is 9.18 Å². The molecule has 0 aromatic carbocycles. The van der Waals surface area contributed by atoms with Crippen LogP contribution >= 0.6 is 0 Å². The van der Waals surface area contributed by atoms with Crippen LogP contribution in [0.25, 0.3) is 0 Å². The summed E-state index contributed by atoms with van der Waals surface area (Å²) in [4.78, 5) is 26.4. The van der Waals surface area contributed by atoms with Gasteiger partial charge in [-0.25, -0.2) is 14.4 Å². The van der Waals surface area contributed by atoms with Gasteiger partial charge in [0.15, 0.2) is 5.82 Å². The molecule has 2 unspecified atom stereocenters. The van der Waals surface area contributed by atoms with E-state index in [1.807, 2.05) is 11.0 Å². The number of hydrogen-bond acceptors (Lipinski definition) is 5. The van der Waals surface area contributed by atoms with E-state index in [-0.39, 0.29) is 17.3 Å². The monoisotopic (exact) mass is 342 g/mol. The lowest BCUT2D eigenvalue weighted by Crippen LogP contribution is -2.36.